The summed E-state index contributed by atoms with van der Waals surface area (Å²) in [5, 5.41) is 12.8. The minimum Gasteiger partial charge on any atom is -0.325 e. The number of aryl methyl sites for hydroxylation is 3. The lowest BCUT2D eigenvalue weighted by molar-refractivity contribution is -0.116. The molecule has 3 aromatic heterocycles. The van der Waals surface area contributed by atoms with Gasteiger partial charge in [-0.3, -0.25) is 19.0 Å². The van der Waals surface area contributed by atoms with E-state index in [1.54, 1.807) is 21.6 Å². The second-order valence-electron chi connectivity index (χ2n) is 6.35. The smallest absolute Gasteiger partial charge is 0.226 e. The Labute approximate surface area is 154 Å². The summed E-state index contributed by atoms with van der Waals surface area (Å²) in [5.74, 6) is -0.151. The second kappa shape index (κ2) is 6.64. The second-order valence-corrected chi connectivity index (χ2v) is 6.35. The van der Waals surface area contributed by atoms with Crippen LogP contribution in [0, 0.1) is 6.92 Å². The number of rotatable bonds is 4. The lowest BCUT2D eigenvalue weighted by Gasteiger charge is -2.09. The molecule has 8 nitrogen and oxygen atoms in total. The molecule has 4 rings (SSSR count). The van der Waals surface area contributed by atoms with Crippen LogP contribution in [-0.2, 0) is 18.4 Å². The molecular formula is C19H18N6O2. The zero-order chi connectivity index (χ0) is 19.0. The van der Waals surface area contributed by atoms with E-state index in [0.29, 0.717) is 23.1 Å². The number of pyridine rings is 1. The van der Waals surface area contributed by atoms with E-state index in [1.807, 2.05) is 38.2 Å². The number of aromatic nitrogens is 5. The van der Waals surface area contributed by atoms with Crippen LogP contribution in [0.4, 0.5) is 5.69 Å². The summed E-state index contributed by atoms with van der Waals surface area (Å²) in [6, 6.07) is 9.11. The Morgan fingerprint density at radius 2 is 2.00 bits per heavy atom. The molecule has 0 aliphatic heterocycles. The van der Waals surface area contributed by atoms with Gasteiger partial charge in [0.15, 0.2) is 5.65 Å². The van der Waals surface area contributed by atoms with E-state index in [-0.39, 0.29) is 17.8 Å². The Morgan fingerprint density at radius 1 is 1.19 bits per heavy atom. The first-order valence-electron chi connectivity index (χ1n) is 8.57. The van der Waals surface area contributed by atoms with E-state index in [2.05, 4.69) is 20.5 Å². The quantitative estimate of drug-likeness (QED) is 0.599. The maximum atomic E-state index is 12.4. The van der Waals surface area contributed by atoms with E-state index in [4.69, 9.17) is 0 Å². The number of amides is 1. The Morgan fingerprint density at radius 3 is 2.85 bits per heavy atom. The summed E-state index contributed by atoms with van der Waals surface area (Å²) >= 11 is 0. The van der Waals surface area contributed by atoms with Crippen molar-refractivity contribution >= 4 is 33.5 Å². The fraction of sp³-hybridized carbons (Fsp3) is 0.211. The third kappa shape index (κ3) is 3.17. The maximum Gasteiger partial charge on any atom is 0.226 e. The standard InChI is InChI=1S/C19H18N6O2/c1-12-15-9-13(10-20-19(15)24(2)23-12)22-18(27)7-8-25-16-6-4-3-5-14(16)17(26)11-21-25/h3-6,9-11H,7-8H2,1-2H3,(H,22,27). The van der Waals surface area contributed by atoms with Crippen molar-refractivity contribution in [2.45, 2.75) is 19.9 Å². The molecule has 0 saturated heterocycles. The van der Waals surface area contributed by atoms with Gasteiger partial charge in [-0.25, -0.2) is 4.98 Å². The number of carbonyl (C=O) groups excluding carboxylic acids is 1. The van der Waals surface area contributed by atoms with Gasteiger partial charge < -0.3 is 5.32 Å². The van der Waals surface area contributed by atoms with Crippen LogP contribution in [-0.4, -0.2) is 30.5 Å². The van der Waals surface area contributed by atoms with Gasteiger partial charge in [-0.1, -0.05) is 12.1 Å². The average Bonchev–Trinajstić information content (AvgIpc) is 2.95. The number of benzene rings is 1. The zero-order valence-corrected chi connectivity index (χ0v) is 15.0. The Balaban J connectivity index is 1.50. The van der Waals surface area contributed by atoms with Gasteiger partial charge in [-0.15, -0.1) is 0 Å². The highest BCUT2D eigenvalue weighted by Gasteiger charge is 2.10. The minimum absolute atomic E-state index is 0.127. The molecule has 0 saturated carbocycles. The van der Waals surface area contributed by atoms with Crippen molar-refractivity contribution in [3.63, 3.8) is 0 Å². The highest BCUT2D eigenvalue weighted by Crippen LogP contribution is 2.19. The molecule has 0 spiro atoms. The number of para-hydroxylation sites is 1. The Bertz CT molecular complexity index is 1220. The molecule has 0 unspecified atom stereocenters. The van der Waals surface area contributed by atoms with E-state index in [1.165, 1.54) is 6.20 Å². The summed E-state index contributed by atoms with van der Waals surface area (Å²) in [6.45, 7) is 2.27. The van der Waals surface area contributed by atoms with Gasteiger partial charge in [0.05, 0.1) is 35.8 Å². The Hall–Kier alpha value is -3.55. The topological polar surface area (TPSA) is 94.7 Å². The number of anilines is 1. The molecule has 0 aliphatic carbocycles. The SMILES string of the molecule is Cc1nn(C)c2ncc(NC(=O)CCn3ncc(=O)c4ccccc43)cc12. The van der Waals surface area contributed by atoms with Crippen molar-refractivity contribution in [1.82, 2.24) is 24.5 Å². The molecular weight excluding hydrogens is 344 g/mol. The number of fused-ring (bicyclic) bond motifs is 2. The molecule has 1 N–H and O–H groups in total. The first-order valence-corrected chi connectivity index (χ1v) is 8.57. The van der Waals surface area contributed by atoms with Crippen LogP contribution >= 0.6 is 0 Å². The van der Waals surface area contributed by atoms with Crippen molar-refractivity contribution in [3.05, 3.63) is 58.6 Å². The molecule has 27 heavy (non-hydrogen) atoms. The lowest BCUT2D eigenvalue weighted by atomic mass is 10.2. The fourth-order valence-corrected chi connectivity index (χ4v) is 3.15. The van der Waals surface area contributed by atoms with Crippen LogP contribution in [0.15, 0.2) is 47.5 Å². The van der Waals surface area contributed by atoms with Crippen molar-refractivity contribution in [1.29, 1.82) is 0 Å². The van der Waals surface area contributed by atoms with Gasteiger partial charge in [-0.2, -0.15) is 10.2 Å². The van der Waals surface area contributed by atoms with Crippen molar-refractivity contribution < 1.29 is 4.79 Å². The third-order valence-corrected chi connectivity index (χ3v) is 4.46. The first kappa shape index (κ1) is 16.9. The lowest BCUT2D eigenvalue weighted by Crippen LogP contribution is -2.18. The van der Waals surface area contributed by atoms with E-state index in [0.717, 1.165) is 16.7 Å². The maximum absolute atomic E-state index is 12.4. The van der Waals surface area contributed by atoms with Crippen molar-refractivity contribution in [3.8, 4) is 0 Å². The van der Waals surface area contributed by atoms with Gasteiger partial charge in [0.2, 0.25) is 11.3 Å². The van der Waals surface area contributed by atoms with E-state index in [9.17, 15) is 9.59 Å². The molecule has 136 valence electrons. The molecule has 8 heteroatoms. The van der Waals surface area contributed by atoms with Gasteiger partial charge in [0, 0.05) is 24.2 Å². The van der Waals surface area contributed by atoms with Crippen molar-refractivity contribution in [2.75, 3.05) is 5.32 Å². The van der Waals surface area contributed by atoms with Crippen LogP contribution in [0.3, 0.4) is 0 Å². The largest absolute Gasteiger partial charge is 0.325 e. The van der Waals surface area contributed by atoms with Crippen LogP contribution < -0.4 is 10.7 Å². The van der Waals surface area contributed by atoms with Crippen molar-refractivity contribution in [2.24, 2.45) is 7.05 Å². The fourth-order valence-electron chi connectivity index (χ4n) is 3.15. The molecule has 1 amide bonds. The number of hydrogen-bond acceptors (Lipinski definition) is 5. The summed E-state index contributed by atoms with van der Waals surface area (Å²) in [6.07, 6.45) is 3.13. The first-order chi connectivity index (χ1) is 13.0. The number of nitrogens with zero attached hydrogens (tertiary/aromatic N) is 5. The monoisotopic (exact) mass is 362 g/mol. The molecule has 1 aromatic carbocycles. The minimum atomic E-state index is -0.151. The summed E-state index contributed by atoms with van der Waals surface area (Å²) in [7, 11) is 1.84. The predicted octanol–water partition coefficient (Wildman–Crippen LogP) is 2.02. The predicted molar refractivity (Wildman–Crippen MR) is 102 cm³/mol. The highest BCUT2D eigenvalue weighted by atomic mass is 16.1. The van der Waals surface area contributed by atoms with Crippen LogP contribution in [0.25, 0.3) is 21.9 Å². The van der Waals surface area contributed by atoms with E-state index >= 15 is 0 Å². The third-order valence-electron chi connectivity index (χ3n) is 4.46. The van der Waals surface area contributed by atoms with Gasteiger partial charge in [0.25, 0.3) is 0 Å². The number of nitrogens with one attached hydrogen (secondary N) is 1. The average molecular weight is 362 g/mol. The number of hydrogen-bond donors (Lipinski definition) is 1. The highest BCUT2D eigenvalue weighted by molar-refractivity contribution is 5.93. The summed E-state index contributed by atoms with van der Waals surface area (Å²) < 4.78 is 3.38. The van der Waals surface area contributed by atoms with Crippen LogP contribution in [0.1, 0.15) is 12.1 Å². The molecule has 4 aromatic rings. The summed E-state index contributed by atoms with van der Waals surface area (Å²) in [4.78, 5) is 28.6. The Kier molecular flexibility index (Phi) is 4.15. The normalized spacial score (nSPS) is 11.2. The molecule has 0 aliphatic rings. The van der Waals surface area contributed by atoms with Crippen LogP contribution in [0.2, 0.25) is 0 Å². The van der Waals surface area contributed by atoms with Gasteiger partial charge in [-0.05, 0) is 25.1 Å². The molecule has 0 atom stereocenters. The zero-order valence-electron chi connectivity index (χ0n) is 15.0. The molecule has 0 fully saturated rings. The number of carbonyl (C=O) groups is 1. The molecule has 0 radical (unpaired) electrons. The van der Waals surface area contributed by atoms with Gasteiger partial charge in [0.1, 0.15) is 0 Å². The van der Waals surface area contributed by atoms with Crippen LogP contribution in [0.5, 0.6) is 0 Å². The molecule has 3 heterocycles. The van der Waals surface area contributed by atoms with Gasteiger partial charge >= 0.3 is 0 Å². The summed E-state index contributed by atoms with van der Waals surface area (Å²) in [5.41, 5.74) is 2.85. The molecule has 0 bridgehead atoms. The van der Waals surface area contributed by atoms with E-state index < -0.39 is 0 Å².